The second-order valence-corrected chi connectivity index (χ2v) is 4.59. The van der Waals surface area contributed by atoms with Crippen molar-refractivity contribution in [3.8, 4) is 0 Å². The third kappa shape index (κ3) is 2.97. The van der Waals surface area contributed by atoms with Gasteiger partial charge in [-0.15, -0.1) is 0 Å². The second kappa shape index (κ2) is 4.64. The summed E-state index contributed by atoms with van der Waals surface area (Å²) in [5.74, 6) is 0.360. The molecule has 0 aliphatic heterocycles. The van der Waals surface area contributed by atoms with Gasteiger partial charge in [0, 0.05) is 17.9 Å². The summed E-state index contributed by atoms with van der Waals surface area (Å²) in [5.41, 5.74) is 5.92. The topological polar surface area (TPSA) is 38.9 Å². The molecule has 2 nitrogen and oxygen atoms in total. The molecular formula is C12H15F3N2. The maximum absolute atomic E-state index is 12.3. The predicted octanol–water partition coefficient (Wildman–Crippen LogP) is 2.77. The molecule has 0 spiro atoms. The Labute approximate surface area is 98.0 Å². The van der Waals surface area contributed by atoms with Crippen molar-refractivity contribution in [2.24, 2.45) is 11.7 Å². The van der Waals surface area contributed by atoms with Gasteiger partial charge in [0.2, 0.25) is 0 Å². The van der Waals surface area contributed by atoms with Crippen molar-refractivity contribution < 1.29 is 13.2 Å². The van der Waals surface area contributed by atoms with Crippen LogP contribution in [0.1, 0.15) is 30.5 Å². The van der Waals surface area contributed by atoms with Crippen molar-refractivity contribution in [1.82, 2.24) is 4.98 Å². The molecular weight excluding hydrogens is 229 g/mol. The van der Waals surface area contributed by atoms with E-state index in [2.05, 4.69) is 4.98 Å². The number of halogens is 3. The minimum Gasteiger partial charge on any atom is -0.327 e. The van der Waals surface area contributed by atoms with Crippen LogP contribution in [0.2, 0.25) is 0 Å². The van der Waals surface area contributed by atoms with E-state index < -0.39 is 11.7 Å². The molecule has 1 aromatic rings. The van der Waals surface area contributed by atoms with E-state index in [-0.39, 0.29) is 6.04 Å². The third-order valence-corrected chi connectivity index (χ3v) is 3.34. The summed E-state index contributed by atoms with van der Waals surface area (Å²) in [6.07, 6.45) is 0.423. The normalized spacial score (nSPS) is 25.2. The summed E-state index contributed by atoms with van der Waals surface area (Å²) in [4.78, 5) is 3.87. The molecule has 0 aromatic carbocycles. The molecule has 5 heteroatoms. The van der Waals surface area contributed by atoms with Gasteiger partial charge < -0.3 is 5.73 Å². The number of nitrogens with two attached hydrogens (primary N) is 1. The lowest BCUT2D eigenvalue weighted by molar-refractivity contribution is -0.137. The van der Waals surface area contributed by atoms with Crippen LogP contribution < -0.4 is 5.73 Å². The van der Waals surface area contributed by atoms with Crippen LogP contribution in [0.3, 0.4) is 0 Å². The standard InChI is InChI=1S/C12H15F3N2/c13-12(14,15)9-4-5-10(17-7-9)6-8-2-1-3-11(8)16/h4-5,7-8,11H,1-3,6,16H2/t8-,11+/m0/s1. The molecule has 17 heavy (non-hydrogen) atoms. The van der Waals surface area contributed by atoms with Crippen molar-refractivity contribution in [1.29, 1.82) is 0 Å². The van der Waals surface area contributed by atoms with Gasteiger partial charge in [-0.2, -0.15) is 13.2 Å². The van der Waals surface area contributed by atoms with Gasteiger partial charge in [0.05, 0.1) is 5.56 Å². The Balaban J connectivity index is 2.03. The maximum Gasteiger partial charge on any atom is 0.417 e. The van der Waals surface area contributed by atoms with Crippen LogP contribution >= 0.6 is 0 Å². The highest BCUT2D eigenvalue weighted by Gasteiger charge is 2.31. The number of hydrogen-bond acceptors (Lipinski definition) is 2. The van der Waals surface area contributed by atoms with Crippen molar-refractivity contribution in [2.45, 2.75) is 37.9 Å². The van der Waals surface area contributed by atoms with Crippen LogP contribution in [0.5, 0.6) is 0 Å². The summed E-state index contributed by atoms with van der Waals surface area (Å²) in [5, 5.41) is 0. The number of aromatic nitrogens is 1. The fourth-order valence-electron chi connectivity index (χ4n) is 2.30. The number of pyridine rings is 1. The zero-order valence-electron chi connectivity index (χ0n) is 9.37. The first-order valence-electron chi connectivity index (χ1n) is 5.74. The molecule has 1 heterocycles. The first-order valence-corrected chi connectivity index (χ1v) is 5.74. The maximum atomic E-state index is 12.3. The molecule has 1 fully saturated rings. The Kier molecular flexibility index (Phi) is 3.38. The number of rotatable bonds is 2. The van der Waals surface area contributed by atoms with Crippen LogP contribution in [0, 0.1) is 5.92 Å². The van der Waals surface area contributed by atoms with Gasteiger partial charge in [-0.25, -0.2) is 0 Å². The summed E-state index contributed by atoms with van der Waals surface area (Å²) >= 11 is 0. The average molecular weight is 244 g/mol. The largest absolute Gasteiger partial charge is 0.417 e. The van der Waals surface area contributed by atoms with Crippen LogP contribution in [0.4, 0.5) is 13.2 Å². The van der Waals surface area contributed by atoms with Gasteiger partial charge in [-0.05, 0) is 37.3 Å². The zero-order valence-corrected chi connectivity index (χ0v) is 9.37. The lowest BCUT2D eigenvalue weighted by Crippen LogP contribution is -2.26. The summed E-state index contributed by atoms with van der Waals surface area (Å²) in [7, 11) is 0. The van der Waals surface area contributed by atoms with E-state index in [1.807, 2.05) is 0 Å². The highest BCUT2D eigenvalue weighted by atomic mass is 19.4. The van der Waals surface area contributed by atoms with Crippen LogP contribution in [0.15, 0.2) is 18.3 Å². The summed E-state index contributed by atoms with van der Waals surface area (Å²) in [6.45, 7) is 0. The fraction of sp³-hybridized carbons (Fsp3) is 0.583. The molecule has 0 bridgehead atoms. The molecule has 1 aliphatic rings. The van der Waals surface area contributed by atoms with Crippen LogP contribution in [0.25, 0.3) is 0 Å². The molecule has 2 N–H and O–H groups in total. The quantitative estimate of drug-likeness (QED) is 0.868. The van der Waals surface area contributed by atoms with Crippen molar-refractivity contribution in [2.75, 3.05) is 0 Å². The molecule has 0 radical (unpaired) electrons. The second-order valence-electron chi connectivity index (χ2n) is 4.59. The Bertz CT molecular complexity index is 372. The van der Waals surface area contributed by atoms with Crippen molar-refractivity contribution >= 4 is 0 Å². The monoisotopic (exact) mass is 244 g/mol. The van der Waals surface area contributed by atoms with E-state index in [1.165, 1.54) is 6.07 Å². The molecule has 2 atom stereocenters. The Morgan fingerprint density at radius 1 is 1.29 bits per heavy atom. The Morgan fingerprint density at radius 3 is 2.53 bits per heavy atom. The minimum atomic E-state index is -4.31. The van der Waals surface area contributed by atoms with E-state index >= 15 is 0 Å². The van der Waals surface area contributed by atoms with Gasteiger partial charge >= 0.3 is 6.18 Å². The summed E-state index contributed by atoms with van der Waals surface area (Å²) in [6, 6.07) is 2.70. The third-order valence-electron chi connectivity index (χ3n) is 3.34. The SMILES string of the molecule is N[C@@H]1CCC[C@H]1Cc1ccc(C(F)(F)F)cn1. The van der Waals surface area contributed by atoms with Crippen LogP contribution in [-0.2, 0) is 12.6 Å². The lowest BCUT2D eigenvalue weighted by Gasteiger charge is -2.14. The molecule has 2 rings (SSSR count). The highest BCUT2D eigenvalue weighted by Crippen LogP contribution is 2.30. The fourth-order valence-corrected chi connectivity index (χ4v) is 2.30. The molecule has 1 aliphatic carbocycles. The average Bonchev–Trinajstić information content (AvgIpc) is 2.64. The van der Waals surface area contributed by atoms with E-state index in [1.54, 1.807) is 0 Å². The Morgan fingerprint density at radius 2 is 2.06 bits per heavy atom. The van der Waals surface area contributed by atoms with Crippen LogP contribution in [-0.4, -0.2) is 11.0 Å². The van der Waals surface area contributed by atoms with E-state index in [0.29, 0.717) is 18.0 Å². The van der Waals surface area contributed by atoms with E-state index in [9.17, 15) is 13.2 Å². The smallest absolute Gasteiger partial charge is 0.327 e. The van der Waals surface area contributed by atoms with Crippen molar-refractivity contribution in [3.63, 3.8) is 0 Å². The van der Waals surface area contributed by atoms with E-state index in [0.717, 1.165) is 31.5 Å². The zero-order chi connectivity index (χ0) is 12.5. The molecule has 0 amide bonds. The molecule has 0 unspecified atom stereocenters. The number of alkyl halides is 3. The minimum absolute atomic E-state index is 0.166. The first kappa shape index (κ1) is 12.4. The van der Waals surface area contributed by atoms with Gasteiger partial charge in [-0.3, -0.25) is 4.98 Å². The van der Waals surface area contributed by atoms with Gasteiger partial charge in [0.15, 0.2) is 0 Å². The highest BCUT2D eigenvalue weighted by molar-refractivity contribution is 5.17. The number of nitrogens with zero attached hydrogens (tertiary/aromatic N) is 1. The van der Waals surface area contributed by atoms with E-state index in [4.69, 9.17) is 5.73 Å². The van der Waals surface area contributed by atoms with Gasteiger partial charge in [0.1, 0.15) is 0 Å². The molecule has 0 saturated heterocycles. The van der Waals surface area contributed by atoms with Crippen molar-refractivity contribution in [3.05, 3.63) is 29.6 Å². The van der Waals surface area contributed by atoms with Gasteiger partial charge in [0.25, 0.3) is 0 Å². The molecule has 1 saturated carbocycles. The lowest BCUT2D eigenvalue weighted by atomic mass is 9.98. The summed E-state index contributed by atoms with van der Waals surface area (Å²) < 4.78 is 37.0. The molecule has 94 valence electrons. The van der Waals surface area contributed by atoms with Gasteiger partial charge in [-0.1, -0.05) is 6.42 Å². The number of hydrogen-bond donors (Lipinski definition) is 1. The first-order chi connectivity index (χ1) is 7.97. The Hall–Kier alpha value is -1.10. The predicted molar refractivity (Wildman–Crippen MR) is 58.3 cm³/mol. The molecule has 1 aromatic heterocycles.